The van der Waals surface area contributed by atoms with Crippen LogP contribution < -0.4 is 10.5 Å². The number of benzene rings is 1. The molecule has 0 radical (unpaired) electrons. The summed E-state index contributed by atoms with van der Waals surface area (Å²) >= 11 is 3.11. The van der Waals surface area contributed by atoms with Crippen LogP contribution in [0.25, 0.3) is 0 Å². The highest BCUT2D eigenvalue weighted by molar-refractivity contribution is 9.10. The normalized spacial score (nSPS) is 11.4. The van der Waals surface area contributed by atoms with Crippen LogP contribution in [0.3, 0.4) is 0 Å². The molecule has 0 saturated heterocycles. The Kier molecular flexibility index (Phi) is 4.06. The number of sulfonamides is 1. The largest absolute Gasteiger partial charge is 0.329 e. The van der Waals surface area contributed by atoms with Gasteiger partial charge in [-0.1, -0.05) is 0 Å². The Balaban J connectivity index is 2.94. The minimum Gasteiger partial charge on any atom is -0.329 e. The summed E-state index contributed by atoms with van der Waals surface area (Å²) in [5, 5.41) is 0. The monoisotopic (exact) mass is 296 g/mol. The molecule has 0 heterocycles. The highest BCUT2D eigenvalue weighted by atomic mass is 79.9. The van der Waals surface area contributed by atoms with Crippen molar-refractivity contribution in [1.82, 2.24) is 0 Å². The van der Waals surface area contributed by atoms with Crippen molar-refractivity contribution in [2.75, 3.05) is 17.0 Å². The fraction of sp³-hybridized carbons (Fsp3) is 0.250. The molecule has 1 aromatic carbocycles. The summed E-state index contributed by atoms with van der Waals surface area (Å²) in [6.45, 7) is 0.0161. The Hall–Kier alpha value is -0.660. The molecule has 0 unspecified atom stereocenters. The molecule has 15 heavy (non-hydrogen) atoms. The van der Waals surface area contributed by atoms with E-state index in [1.807, 2.05) is 0 Å². The predicted octanol–water partition coefficient (Wildman–Crippen LogP) is 1.29. The number of rotatable bonds is 4. The highest BCUT2D eigenvalue weighted by Gasteiger charge is 2.11. The maximum Gasteiger partial charge on any atom is 0.234 e. The lowest BCUT2D eigenvalue weighted by Crippen LogP contribution is -2.22. The van der Waals surface area contributed by atoms with Crippen molar-refractivity contribution in [1.29, 1.82) is 0 Å². The number of nitrogens with two attached hydrogens (primary N) is 1. The van der Waals surface area contributed by atoms with Crippen molar-refractivity contribution in [2.45, 2.75) is 0 Å². The van der Waals surface area contributed by atoms with E-state index in [-0.39, 0.29) is 18.0 Å². The van der Waals surface area contributed by atoms with Gasteiger partial charge in [0.2, 0.25) is 10.0 Å². The second-order valence-corrected chi connectivity index (χ2v) is 5.53. The van der Waals surface area contributed by atoms with E-state index in [0.717, 1.165) is 6.07 Å². The molecule has 1 rings (SSSR count). The molecule has 0 spiro atoms. The minimum absolute atomic E-state index is 0.0161. The summed E-state index contributed by atoms with van der Waals surface area (Å²) in [5.41, 5.74) is 5.30. The molecule has 0 bridgehead atoms. The fourth-order valence-electron chi connectivity index (χ4n) is 0.949. The number of anilines is 1. The molecule has 4 nitrogen and oxygen atoms in total. The molecular weight excluding hydrogens is 287 g/mol. The van der Waals surface area contributed by atoms with Crippen LogP contribution in [0.4, 0.5) is 10.1 Å². The maximum absolute atomic E-state index is 12.8. The first-order valence-electron chi connectivity index (χ1n) is 4.10. The van der Waals surface area contributed by atoms with E-state index < -0.39 is 15.8 Å². The molecule has 0 aliphatic heterocycles. The van der Waals surface area contributed by atoms with E-state index in [2.05, 4.69) is 20.7 Å². The van der Waals surface area contributed by atoms with Gasteiger partial charge in [-0.05, 0) is 34.1 Å². The van der Waals surface area contributed by atoms with E-state index in [1.54, 1.807) is 0 Å². The van der Waals surface area contributed by atoms with Crippen LogP contribution in [0.1, 0.15) is 0 Å². The van der Waals surface area contributed by atoms with Crippen LogP contribution in [-0.4, -0.2) is 20.7 Å². The van der Waals surface area contributed by atoms with Gasteiger partial charge < -0.3 is 5.73 Å². The number of hydrogen-bond donors (Lipinski definition) is 2. The van der Waals surface area contributed by atoms with Gasteiger partial charge >= 0.3 is 0 Å². The lowest BCUT2D eigenvalue weighted by atomic mass is 10.3. The third-order valence-corrected chi connectivity index (χ3v) is 3.58. The third kappa shape index (κ3) is 3.77. The van der Waals surface area contributed by atoms with Gasteiger partial charge in [0.25, 0.3) is 0 Å². The Morgan fingerprint density at radius 3 is 2.73 bits per heavy atom. The van der Waals surface area contributed by atoms with Crippen molar-refractivity contribution < 1.29 is 12.8 Å². The van der Waals surface area contributed by atoms with E-state index >= 15 is 0 Å². The van der Waals surface area contributed by atoms with Gasteiger partial charge in [-0.3, -0.25) is 4.72 Å². The first kappa shape index (κ1) is 12.4. The number of halogens is 2. The van der Waals surface area contributed by atoms with Crippen LogP contribution in [0, 0.1) is 5.82 Å². The Morgan fingerprint density at radius 2 is 2.13 bits per heavy atom. The number of nitrogens with one attached hydrogen (secondary N) is 1. The maximum atomic E-state index is 12.8. The van der Waals surface area contributed by atoms with E-state index in [9.17, 15) is 12.8 Å². The zero-order valence-corrected chi connectivity index (χ0v) is 10.1. The average molecular weight is 297 g/mol. The lowest BCUT2D eigenvalue weighted by molar-refractivity contribution is 0.601. The van der Waals surface area contributed by atoms with Crippen LogP contribution in [0.15, 0.2) is 22.7 Å². The first-order valence-corrected chi connectivity index (χ1v) is 6.55. The van der Waals surface area contributed by atoms with E-state index in [1.165, 1.54) is 12.1 Å². The standard InChI is InChI=1S/C8H10BrFN2O2S/c9-7-2-1-6(10)5-8(7)12-15(13,14)4-3-11/h1-2,5,12H,3-4,11H2. The molecule has 0 aromatic heterocycles. The third-order valence-electron chi connectivity index (χ3n) is 1.58. The smallest absolute Gasteiger partial charge is 0.234 e. The van der Waals surface area contributed by atoms with Crippen LogP contribution in [0.5, 0.6) is 0 Å². The molecular formula is C8H10BrFN2O2S. The Labute approximate surface area is 95.8 Å². The first-order chi connectivity index (χ1) is 6.94. The molecule has 1 aromatic rings. The van der Waals surface area contributed by atoms with Crippen molar-refractivity contribution in [3.05, 3.63) is 28.5 Å². The van der Waals surface area contributed by atoms with Crippen molar-refractivity contribution in [3.8, 4) is 0 Å². The zero-order chi connectivity index (χ0) is 11.5. The van der Waals surface area contributed by atoms with Gasteiger partial charge in [0.05, 0.1) is 11.4 Å². The molecule has 0 atom stereocenters. The summed E-state index contributed by atoms with van der Waals surface area (Å²) in [7, 11) is -3.50. The number of hydrogen-bond acceptors (Lipinski definition) is 3. The zero-order valence-electron chi connectivity index (χ0n) is 7.70. The Morgan fingerprint density at radius 1 is 1.47 bits per heavy atom. The Bertz CT molecular complexity index is 450. The molecule has 0 fully saturated rings. The molecule has 3 N–H and O–H groups in total. The van der Waals surface area contributed by atoms with Gasteiger partial charge in [-0.2, -0.15) is 0 Å². The molecule has 7 heteroatoms. The predicted molar refractivity (Wildman–Crippen MR) is 60.6 cm³/mol. The second kappa shape index (κ2) is 4.91. The van der Waals surface area contributed by atoms with Gasteiger partial charge in [0, 0.05) is 11.0 Å². The van der Waals surface area contributed by atoms with Gasteiger partial charge in [0.1, 0.15) is 5.82 Å². The van der Waals surface area contributed by atoms with Crippen LogP contribution >= 0.6 is 15.9 Å². The minimum atomic E-state index is -3.50. The van der Waals surface area contributed by atoms with Crippen molar-refractivity contribution in [3.63, 3.8) is 0 Å². The summed E-state index contributed by atoms with van der Waals surface area (Å²) in [5.74, 6) is -0.709. The van der Waals surface area contributed by atoms with Crippen LogP contribution in [0.2, 0.25) is 0 Å². The highest BCUT2D eigenvalue weighted by Crippen LogP contribution is 2.23. The fourth-order valence-corrected chi connectivity index (χ4v) is 2.34. The van der Waals surface area contributed by atoms with E-state index in [0.29, 0.717) is 4.47 Å². The average Bonchev–Trinajstić information content (AvgIpc) is 2.10. The topological polar surface area (TPSA) is 72.2 Å². The van der Waals surface area contributed by atoms with Gasteiger partial charge in [-0.15, -0.1) is 0 Å². The SMILES string of the molecule is NCCS(=O)(=O)Nc1cc(F)ccc1Br. The van der Waals surface area contributed by atoms with Gasteiger partial charge in [0.15, 0.2) is 0 Å². The van der Waals surface area contributed by atoms with E-state index in [4.69, 9.17) is 5.73 Å². The molecule has 0 saturated carbocycles. The summed E-state index contributed by atoms with van der Waals surface area (Å²) in [6.07, 6.45) is 0. The lowest BCUT2D eigenvalue weighted by Gasteiger charge is -2.08. The summed E-state index contributed by atoms with van der Waals surface area (Å²) < 4.78 is 38.2. The van der Waals surface area contributed by atoms with Crippen molar-refractivity contribution in [2.24, 2.45) is 5.73 Å². The second-order valence-electron chi connectivity index (χ2n) is 2.83. The molecule has 84 valence electrons. The molecule has 0 aliphatic carbocycles. The van der Waals surface area contributed by atoms with Crippen LogP contribution in [-0.2, 0) is 10.0 Å². The molecule has 0 aliphatic rings. The van der Waals surface area contributed by atoms with Crippen molar-refractivity contribution >= 4 is 31.6 Å². The molecule has 0 amide bonds. The summed E-state index contributed by atoms with van der Waals surface area (Å²) in [4.78, 5) is 0. The van der Waals surface area contributed by atoms with Gasteiger partial charge in [-0.25, -0.2) is 12.8 Å². The summed E-state index contributed by atoms with van der Waals surface area (Å²) in [6, 6.07) is 3.75. The quantitative estimate of drug-likeness (QED) is 0.879.